The standard InChI is InChI=1S/C17H19N3O/c1-12(2)17(13-7-9-15(21-3)10-8-13)20-16-6-4-5-14(11-18)19-16/h4-10,12,17H,1-3H3,(H,19,20). The first-order chi connectivity index (χ1) is 10.1. The lowest BCUT2D eigenvalue weighted by Gasteiger charge is -2.23. The quantitative estimate of drug-likeness (QED) is 0.906. The van der Waals surface area contributed by atoms with Gasteiger partial charge in [-0.3, -0.25) is 0 Å². The molecule has 108 valence electrons. The topological polar surface area (TPSA) is 57.9 Å². The lowest BCUT2D eigenvalue weighted by Crippen LogP contribution is -2.17. The number of pyridine rings is 1. The highest BCUT2D eigenvalue weighted by atomic mass is 16.5. The summed E-state index contributed by atoms with van der Waals surface area (Å²) < 4.78 is 5.19. The van der Waals surface area contributed by atoms with Crippen molar-refractivity contribution in [3.05, 3.63) is 53.7 Å². The Kier molecular flexibility index (Phi) is 4.78. The average molecular weight is 281 g/mol. The zero-order chi connectivity index (χ0) is 15.2. The van der Waals surface area contributed by atoms with Crippen molar-refractivity contribution in [1.29, 1.82) is 5.26 Å². The van der Waals surface area contributed by atoms with Gasteiger partial charge in [0.15, 0.2) is 0 Å². The molecule has 0 bridgehead atoms. The Morgan fingerprint density at radius 2 is 1.86 bits per heavy atom. The number of hydrogen-bond donors (Lipinski definition) is 1. The fourth-order valence-corrected chi connectivity index (χ4v) is 2.18. The van der Waals surface area contributed by atoms with Crippen LogP contribution in [0.2, 0.25) is 0 Å². The number of hydrogen-bond acceptors (Lipinski definition) is 4. The zero-order valence-corrected chi connectivity index (χ0v) is 12.5. The summed E-state index contributed by atoms with van der Waals surface area (Å²) in [5.41, 5.74) is 1.58. The third kappa shape index (κ3) is 3.73. The smallest absolute Gasteiger partial charge is 0.142 e. The number of nitrogens with one attached hydrogen (secondary N) is 1. The van der Waals surface area contributed by atoms with Gasteiger partial charge >= 0.3 is 0 Å². The largest absolute Gasteiger partial charge is 0.497 e. The van der Waals surface area contributed by atoms with E-state index in [9.17, 15) is 0 Å². The van der Waals surface area contributed by atoms with E-state index in [-0.39, 0.29) is 6.04 Å². The number of rotatable bonds is 5. The summed E-state index contributed by atoms with van der Waals surface area (Å²) >= 11 is 0. The molecule has 1 heterocycles. The van der Waals surface area contributed by atoms with Gasteiger partial charge in [0, 0.05) is 0 Å². The molecule has 0 fully saturated rings. The van der Waals surface area contributed by atoms with Crippen LogP contribution in [0.15, 0.2) is 42.5 Å². The molecule has 1 aromatic carbocycles. The minimum Gasteiger partial charge on any atom is -0.497 e. The van der Waals surface area contributed by atoms with Crippen LogP contribution in [0.25, 0.3) is 0 Å². The average Bonchev–Trinajstić information content (AvgIpc) is 2.52. The monoisotopic (exact) mass is 281 g/mol. The Balaban J connectivity index is 2.24. The van der Waals surface area contributed by atoms with Crippen LogP contribution >= 0.6 is 0 Å². The van der Waals surface area contributed by atoms with Crippen LogP contribution in [0.3, 0.4) is 0 Å². The fourth-order valence-electron chi connectivity index (χ4n) is 2.18. The molecular weight excluding hydrogens is 262 g/mol. The fraction of sp³-hybridized carbons (Fsp3) is 0.294. The summed E-state index contributed by atoms with van der Waals surface area (Å²) in [4.78, 5) is 4.28. The van der Waals surface area contributed by atoms with Crippen molar-refractivity contribution in [2.75, 3.05) is 12.4 Å². The molecule has 2 aromatic rings. The molecule has 2 rings (SSSR count). The number of methoxy groups -OCH3 is 1. The molecule has 0 radical (unpaired) electrons. The second-order valence-electron chi connectivity index (χ2n) is 5.16. The first kappa shape index (κ1) is 14.9. The second kappa shape index (κ2) is 6.76. The molecular formula is C17H19N3O. The van der Waals surface area contributed by atoms with Gasteiger partial charge in [-0.2, -0.15) is 5.26 Å². The van der Waals surface area contributed by atoms with Crippen molar-refractivity contribution in [2.24, 2.45) is 5.92 Å². The summed E-state index contributed by atoms with van der Waals surface area (Å²) in [5, 5.41) is 12.3. The van der Waals surface area contributed by atoms with E-state index >= 15 is 0 Å². The molecule has 21 heavy (non-hydrogen) atoms. The Labute approximate surface area is 125 Å². The molecule has 0 aliphatic carbocycles. The van der Waals surface area contributed by atoms with Crippen molar-refractivity contribution in [3.63, 3.8) is 0 Å². The number of ether oxygens (including phenoxy) is 1. The van der Waals surface area contributed by atoms with Gasteiger partial charge in [-0.1, -0.05) is 32.0 Å². The maximum absolute atomic E-state index is 8.93. The van der Waals surface area contributed by atoms with E-state index in [1.807, 2.05) is 36.4 Å². The maximum atomic E-state index is 8.93. The van der Waals surface area contributed by atoms with Crippen LogP contribution in [-0.2, 0) is 0 Å². The number of nitrogens with zero attached hydrogens (tertiary/aromatic N) is 2. The molecule has 0 spiro atoms. The van der Waals surface area contributed by atoms with Gasteiger partial charge in [0.05, 0.1) is 13.2 Å². The van der Waals surface area contributed by atoms with Gasteiger partial charge in [-0.25, -0.2) is 4.98 Å². The van der Waals surface area contributed by atoms with Crippen LogP contribution in [-0.4, -0.2) is 12.1 Å². The third-order valence-corrected chi connectivity index (χ3v) is 3.31. The molecule has 4 heteroatoms. The zero-order valence-electron chi connectivity index (χ0n) is 12.5. The normalized spacial score (nSPS) is 11.8. The predicted molar refractivity (Wildman–Crippen MR) is 83.1 cm³/mol. The first-order valence-electron chi connectivity index (χ1n) is 6.91. The first-order valence-corrected chi connectivity index (χ1v) is 6.91. The van der Waals surface area contributed by atoms with E-state index in [2.05, 4.69) is 30.2 Å². The van der Waals surface area contributed by atoms with Gasteiger partial charge in [0.25, 0.3) is 0 Å². The van der Waals surface area contributed by atoms with E-state index in [4.69, 9.17) is 10.00 Å². The highest BCUT2D eigenvalue weighted by Crippen LogP contribution is 2.27. The highest BCUT2D eigenvalue weighted by molar-refractivity contribution is 5.42. The summed E-state index contributed by atoms with van der Waals surface area (Å²) in [5.74, 6) is 1.93. The predicted octanol–water partition coefficient (Wildman–Crippen LogP) is 3.77. The highest BCUT2D eigenvalue weighted by Gasteiger charge is 2.16. The molecule has 1 unspecified atom stereocenters. The lowest BCUT2D eigenvalue weighted by molar-refractivity contribution is 0.414. The van der Waals surface area contributed by atoms with Gasteiger partial charge in [0.1, 0.15) is 23.3 Å². The Bertz CT molecular complexity index is 629. The van der Waals surface area contributed by atoms with E-state index in [0.717, 1.165) is 11.3 Å². The molecule has 0 aliphatic heterocycles. The van der Waals surface area contributed by atoms with Crippen LogP contribution in [0.4, 0.5) is 5.82 Å². The minimum absolute atomic E-state index is 0.123. The molecule has 0 aliphatic rings. The lowest BCUT2D eigenvalue weighted by atomic mass is 9.96. The maximum Gasteiger partial charge on any atom is 0.142 e. The number of aromatic nitrogens is 1. The third-order valence-electron chi connectivity index (χ3n) is 3.31. The summed E-state index contributed by atoms with van der Waals surface area (Å²) in [6.45, 7) is 4.30. The molecule has 1 atom stereocenters. The molecule has 0 amide bonds. The molecule has 0 saturated carbocycles. The molecule has 4 nitrogen and oxygen atoms in total. The van der Waals surface area contributed by atoms with E-state index in [1.165, 1.54) is 0 Å². The van der Waals surface area contributed by atoms with E-state index < -0.39 is 0 Å². The number of benzene rings is 1. The number of anilines is 1. The van der Waals surface area contributed by atoms with Gasteiger partial charge in [-0.05, 0) is 35.7 Å². The number of nitriles is 1. The van der Waals surface area contributed by atoms with E-state index in [1.54, 1.807) is 13.2 Å². The van der Waals surface area contributed by atoms with Gasteiger partial charge in [0.2, 0.25) is 0 Å². The molecule has 1 N–H and O–H groups in total. The van der Waals surface area contributed by atoms with Crippen molar-refractivity contribution >= 4 is 5.82 Å². The SMILES string of the molecule is COc1ccc(C(Nc2cccc(C#N)n2)C(C)C)cc1. The van der Waals surface area contributed by atoms with Crippen LogP contribution in [0, 0.1) is 17.2 Å². The summed E-state index contributed by atoms with van der Waals surface area (Å²) in [7, 11) is 1.66. The van der Waals surface area contributed by atoms with Crippen LogP contribution < -0.4 is 10.1 Å². The Morgan fingerprint density at radius 3 is 2.43 bits per heavy atom. The van der Waals surface area contributed by atoms with Crippen LogP contribution in [0.1, 0.15) is 31.1 Å². The van der Waals surface area contributed by atoms with Crippen molar-refractivity contribution in [3.8, 4) is 11.8 Å². The minimum atomic E-state index is 0.123. The van der Waals surface area contributed by atoms with Gasteiger partial charge in [-0.15, -0.1) is 0 Å². The van der Waals surface area contributed by atoms with Crippen molar-refractivity contribution in [1.82, 2.24) is 4.98 Å². The van der Waals surface area contributed by atoms with Crippen molar-refractivity contribution < 1.29 is 4.74 Å². The Hall–Kier alpha value is -2.54. The van der Waals surface area contributed by atoms with E-state index in [0.29, 0.717) is 17.4 Å². The van der Waals surface area contributed by atoms with Crippen LogP contribution in [0.5, 0.6) is 5.75 Å². The molecule has 0 saturated heterocycles. The summed E-state index contributed by atoms with van der Waals surface area (Å²) in [6, 6.07) is 15.6. The summed E-state index contributed by atoms with van der Waals surface area (Å²) in [6.07, 6.45) is 0. The Morgan fingerprint density at radius 1 is 1.14 bits per heavy atom. The van der Waals surface area contributed by atoms with Gasteiger partial charge < -0.3 is 10.1 Å². The molecule has 1 aromatic heterocycles. The second-order valence-corrected chi connectivity index (χ2v) is 5.16. The van der Waals surface area contributed by atoms with Crippen molar-refractivity contribution in [2.45, 2.75) is 19.9 Å².